The molecule has 0 radical (unpaired) electrons. The molecular formula is C11H22N2O2. The van der Waals surface area contributed by atoms with E-state index in [1.807, 2.05) is 6.92 Å². The molecule has 0 aliphatic carbocycles. The Kier molecular flexibility index (Phi) is 5.65. The number of carbonyl (C=O) groups is 1. The van der Waals surface area contributed by atoms with E-state index in [9.17, 15) is 9.90 Å². The molecule has 3 N–H and O–H groups in total. The van der Waals surface area contributed by atoms with Gasteiger partial charge in [0.1, 0.15) is 0 Å². The highest BCUT2D eigenvalue weighted by Gasteiger charge is 2.20. The first-order valence-corrected chi connectivity index (χ1v) is 5.90. The van der Waals surface area contributed by atoms with E-state index in [0.717, 1.165) is 32.4 Å². The zero-order chi connectivity index (χ0) is 11.1. The number of hydrogen-bond donors (Lipinski definition) is 3. The van der Waals surface area contributed by atoms with Gasteiger partial charge in [-0.2, -0.15) is 0 Å². The molecular weight excluding hydrogens is 192 g/mol. The van der Waals surface area contributed by atoms with Crippen LogP contribution >= 0.6 is 0 Å². The monoisotopic (exact) mass is 214 g/mol. The summed E-state index contributed by atoms with van der Waals surface area (Å²) < 4.78 is 0. The predicted octanol–water partition coefficient (Wildman–Crippen LogP) is 0.263. The third-order valence-corrected chi connectivity index (χ3v) is 2.92. The van der Waals surface area contributed by atoms with Crippen LogP contribution in [0.15, 0.2) is 0 Å². The summed E-state index contributed by atoms with van der Waals surface area (Å²) in [5.41, 5.74) is 0. The minimum Gasteiger partial charge on any atom is -0.393 e. The lowest BCUT2D eigenvalue weighted by Crippen LogP contribution is -2.41. The van der Waals surface area contributed by atoms with Gasteiger partial charge in [0.25, 0.3) is 0 Å². The molecule has 0 saturated carbocycles. The second-order valence-electron chi connectivity index (χ2n) is 4.19. The zero-order valence-electron chi connectivity index (χ0n) is 9.46. The van der Waals surface area contributed by atoms with Gasteiger partial charge in [-0.3, -0.25) is 4.79 Å². The maximum Gasteiger partial charge on any atom is 0.224 e. The largest absolute Gasteiger partial charge is 0.393 e. The van der Waals surface area contributed by atoms with Gasteiger partial charge in [0.2, 0.25) is 5.91 Å². The third-order valence-electron chi connectivity index (χ3n) is 2.92. The molecule has 2 atom stereocenters. The van der Waals surface area contributed by atoms with E-state index >= 15 is 0 Å². The highest BCUT2D eigenvalue weighted by atomic mass is 16.3. The summed E-state index contributed by atoms with van der Waals surface area (Å²) in [5.74, 6) is 0.253. The fourth-order valence-electron chi connectivity index (χ4n) is 1.79. The second kappa shape index (κ2) is 6.80. The average Bonchev–Trinajstić information content (AvgIpc) is 2.29. The number of hydrogen-bond acceptors (Lipinski definition) is 3. The van der Waals surface area contributed by atoms with Crippen LogP contribution in [0.5, 0.6) is 0 Å². The molecule has 0 aromatic heterocycles. The lowest BCUT2D eigenvalue weighted by atomic mass is 9.99. The molecule has 1 saturated heterocycles. The van der Waals surface area contributed by atoms with Crippen LogP contribution < -0.4 is 10.6 Å². The summed E-state index contributed by atoms with van der Waals surface area (Å²) in [5, 5.41) is 15.4. The number of amides is 1. The third kappa shape index (κ3) is 4.62. The SMILES string of the molecule is CCC(O)CCNC(=O)C1CCCNC1. The fourth-order valence-corrected chi connectivity index (χ4v) is 1.79. The number of aliphatic hydroxyl groups excluding tert-OH is 1. The van der Waals surface area contributed by atoms with Gasteiger partial charge in [-0.25, -0.2) is 0 Å². The Balaban J connectivity index is 2.12. The van der Waals surface area contributed by atoms with Crippen molar-refractivity contribution in [2.45, 2.75) is 38.7 Å². The minimum absolute atomic E-state index is 0.123. The highest BCUT2D eigenvalue weighted by Crippen LogP contribution is 2.09. The Morgan fingerprint density at radius 3 is 3.07 bits per heavy atom. The van der Waals surface area contributed by atoms with Crippen LogP contribution in [-0.2, 0) is 4.79 Å². The van der Waals surface area contributed by atoms with Gasteiger partial charge in [-0.05, 0) is 32.2 Å². The lowest BCUT2D eigenvalue weighted by molar-refractivity contribution is -0.125. The summed E-state index contributed by atoms with van der Waals surface area (Å²) in [6.45, 7) is 4.35. The summed E-state index contributed by atoms with van der Waals surface area (Å²) >= 11 is 0. The number of aliphatic hydroxyl groups is 1. The Labute approximate surface area is 91.4 Å². The topological polar surface area (TPSA) is 61.4 Å². The van der Waals surface area contributed by atoms with Crippen LogP contribution in [0.3, 0.4) is 0 Å². The molecule has 0 spiro atoms. The zero-order valence-corrected chi connectivity index (χ0v) is 9.46. The molecule has 1 rings (SSSR count). The minimum atomic E-state index is -0.283. The molecule has 1 fully saturated rings. The number of carbonyl (C=O) groups excluding carboxylic acids is 1. The number of nitrogens with one attached hydrogen (secondary N) is 2. The molecule has 4 nitrogen and oxygen atoms in total. The molecule has 0 aromatic rings. The first-order valence-electron chi connectivity index (χ1n) is 5.90. The molecule has 1 heterocycles. The molecule has 1 aliphatic heterocycles. The van der Waals surface area contributed by atoms with Crippen molar-refractivity contribution >= 4 is 5.91 Å². The Bertz CT molecular complexity index is 191. The second-order valence-corrected chi connectivity index (χ2v) is 4.19. The van der Waals surface area contributed by atoms with Crippen molar-refractivity contribution < 1.29 is 9.90 Å². The molecule has 1 amide bonds. The van der Waals surface area contributed by atoms with Gasteiger partial charge >= 0.3 is 0 Å². The van der Waals surface area contributed by atoms with Crippen LogP contribution in [-0.4, -0.2) is 36.8 Å². The van der Waals surface area contributed by atoms with Gasteiger partial charge in [-0.1, -0.05) is 6.92 Å². The van der Waals surface area contributed by atoms with Crippen molar-refractivity contribution in [1.82, 2.24) is 10.6 Å². The Hall–Kier alpha value is -0.610. The number of piperidine rings is 1. The van der Waals surface area contributed by atoms with E-state index in [1.54, 1.807) is 0 Å². The van der Waals surface area contributed by atoms with Crippen LogP contribution in [0.2, 0.25) is 0 Å². The van der Waals surface area contributed by atoms with E-state index in [2.05, 4.69) is 10.6 Å². The summed E-state index contributed by atoms with van der Waals surface area (Å²) in [6, 6.07) is 0. The maximum absolute atomic E-state index is 11.6. The van der Waals surface area contributed by atoms with Gasteiger partial charge in [0.15, 0.2) is 0 Å². The van der Waals surface area contributed by atoms with E-state index < -0.39 is 0 Å². The molecule has 88 valence electrons. The molecule has 2 unspecified atom stereocenters. The fraction of sp³-hybridized carbons (Fsp3) is 0.909. The molecule has 0 aromatic carbocycles. The Morgan fingerprint density at radius 2 is 2.47 bits per heavy atom. The van der Waals surface area contributed by atoms with Crippen molar-refractivity contribution in [3.8, 4) is 0 Å². The summed E-state index contributed by atoms with van der Waals surface area (Å²) in [4.78, 5) is 11.6. The predicted molar refractivity (Wildman–Crippen MR) is 59.5 cm³/mol. The molecule has 15 heavy (non-hydrogen) atoms. The van der Waals surface area contributed by atoms with Crippen LogP contribution in [0.4, 0.5) is 0 Å². The summed E-state index contributed by atoms with van der Waals surface area (Å²) in [7, 11) is 0. The van der Waals surface area contributed by atoms with Crippen LogP contribution in [0.1, 0.15) is 32.6 Å². The van der Waals surface area contributed by atoms with E-state index in [0.29, 0.717) is 13.0 Å². The van der Waals surface area contributed by atoms with Crippen LogP contribution in [0.25, 0.3) is 0 Å². The van der Waals surface area contributed by atoms with Gasteiger partial charge in [-0.15, -0.1) is 0 Å². The van der Waals surface area contributed by atoms with Gasteiger partial charge < -0.3 is 15.7 Å². The van der Waals surface area contributed by atoms with Gasteiger partial charge in [0, 0.05) is 13.1 Å². The normalized spacial score (nSPS) is 23.5. The van der Waals surface area contributed by atoms with Crippen molar-refractivity contribution in [1.29, 1.82) is 0 Å². The van der Waals surface area contributed by atoms with Crippen LogP contribution in [0, 0.1) is 5.92 Å². The van der Waals surface area contributed by atoms with Crippen molar-refractivity contribution in [3.63, 3.8) is 0 Å². The van der Waals surface area contributed by atoms with Crippen molar-refractivity contribution in [2.24, 2.45) is 5.92 Å². The average molecular weight is 214 g/mol. The quantitative estimate of drug-likeness (QED) is 0.615. The van der Waals surface area contributed by atoms with E-state index in [1.165, 1.54) is 0 Å². The first kappa shape index (κ1) is 12.5. The lowest BCUT2D eigenvalue weighted by Gasteiger charge is -2.22. The smallest absolute Gasteiger partial charge is 0.224 e. The molecule has 1 aliphatic rings. The number of rotatable bonds is 5. The summed E-state index contributed by atoms with van der Waals surface area (Å²) in [6.07, 6.45) is 3.18. The van der Waals surface area contributed by atoms with Crippen molar-refractivity contribution in [2.75, 3.05) is 19.6 Å². The maximum atomic E-state index is 11.6. The highest BCUT2D eigenvalue weighted by molar-refractivity contribution is 5.78. The standard InChI is InChI=1S/C11H22N2O2/c1-2-10(14)5-7-13-11(15)9-4-3-6-12-8-9/h9-10,12,14H,2-8H2,1H3,(H,13,15). The van der Waals surface area contributed by atoms with E-state index in [4.69, 9.17) is 0 Å². The van der Waals surface area contributed by atoms with Crippen molar-refractivity contribution in [3.05, 3.63) is 0 Å². The molecule has 4 heteroatoms. The van der Waals surface area contributed by atoms with E-state index in [-0.39, 0.29) is 17.9 Å². The van der Waals surface area contributed by atoms with Gasteiger partial charge in [0.05, 0.1) is 12.0 Å². The first-order chi connectivity index (χ1) is 7.24. The Morgan fingerprint density at radius 1 is 1.67 bits per heavy atom. The molecule has 0 bridgehead atoms.